The summed E-state index contributed by atoms with van der Waals surface area (Å²) in [6.07, 6.45) is 1.90. The van der Waals surface area contributed by atoms with E-state index in [-0.39, 0.29) is 24.0 Å². The van der Waals surface area contributed by atoms with Gasteiger partial charge in [0, 0.05) is 45.5 Å². The van der Waals surface area contributed by atoms with Crippen molar-refractivity contribution in [1.29, 1.82) is 0 Å². The van der Waals surface area contributed by atoms with Crippen molar-refractivity contribution in [2.24, 2.45) is 4.99 Å². The molecule has 29 heavy (non-hydrogen) atoms. The Morgan fingerprint density at radius 2 is 1.76 bits per heavy atom. The average Bonchev–Trinajstić information content (AvgIpc) is 2.76. The fourth-order valence-corrected chi connectivity index (χ4v) is 3.32. The first kappa shape index (κ1) is 23.4. The van der Waals surface area contributed by atoms with Crippen LogP contribution in [0.25, 0.3) is 0 Å². The first-order valence-corrected chi connectivity index (χ1v) is 10.3. The SMILES string of the molecule is CCNC(=NCc1ccnc(N2CCN(CC)CC2)c1)NCc1ccccc1.I. The number of halogens is 1. The predicted molar refractivity (Wildman–Crippen MR) is 132 cm³/mol. The summed E-state index contributed by atoms with van der Waals surface area (Å²) in [6, 6.07) is 14.6. The van der Waals surface area contributed by atoms with Crippen LogP contribution >= 0.6 is 24.0 Å². The summed E-state index contributed by atoms with van der Waals surface area (Å²) in [4.78, 5) is 14.2. The molecule has 1 aromatic heterocycles. The van der Waals surface area contributed by atoms with E-state index in [4.69, 9.17) is 4.99 Å². The Morgan fingerprint density at radius 3 is 2.45 bits per heavy atom. The summed E-state index contributed by atoms with van der Waals surface area (Å²) < 4.78 is 0. The lowest BCUT2D eigenvalue weighted by Crippen LogP contribution is -2.46. The molecule has 0 radical (unpaired) electrons. The number of aromatic nitrogens is 1. The zero-order valence-corrected chi connectivity index (χ0v) is 19.8. The number of benzene rings is 1. The lowest BCUT2D eigenvalue weighted by Gasteiger charge is -2.34. The molecule has 0 unspecified atom stereocenters. The maximum absolute atomic E-state index is 4.75. The number of anilines is 1. The first-order valence-electron chi connectivity index (χ1n) is 10.3. The van der Waals surface area contributed by atoms with E-state index in [9.17, 15) is 0 Å². The molecule has 3 rings (SSSR count). The summed E-state index contributed by atoms with van der Waals surface area (Å²) in [5.74, 6) is 1.90. The molecular weight excluding hydrogens is 475 g/mol. The number of pyridine rings is 1. The van der Waals surface area contributed by atoms with E-state index in [0.717, 1.165) is 57.6 Å². The van der Waals surface area contributed by atoms with Gasteiger partial charge in [0.2, 0.25) is 0 Å². The fraction of sp³-hybridized carbons (Fsp3) is 0.455. The smallest absolute Gasteiger partial charge is 0.191 e. The normalized spacial score (nSPS) is 15.0. The third kappa shape index (κ3) is 7.47. The van der Waals surface area contributed by atoms with Crippen LogP contribution in [-0.2, 0) is 13.1 Å². The Morgan fingerprint density at radius 1 is 1.00 bits per heavy atom. The van der Waals surface area contributed by atoms with Crippen molar-refractivity contribution >= 4 is 35.8 Å². The lowest BCUT2D eigenvalue weighted by atomic mass is 10.2. The third-order valence-corrected chi connectivity index (χ3v) is 5.02. The van der Waals surface area contributed by atoms with E-state index < -0.39 is 0 Å². The number of aliphatic imine (C=N–C) groups is 1. The first-order chi connectivity index (χ1) is 13.8. The number of hydrogen-bond donors (Lipinski definition) is 2. The molecule has 0 bridgehead atoms. The van der Waals surface area contributed by atoms with Crippen molar-refractivity contribution in [2.45, 2.75) is 26.9 Å². The molecule has 1 fully saturated rings. The van der Waals surface area contributed by atoms with Crippen LogP contribution in [0.15, 0.2) is 53.7 Å². The van der Waals surface area contributed by atoms with Crippen LogP contribution in [0.3, 0.4) is 0 Å². The molecule has 0 atom stereocenters. The van der Waals surface area contributed by atoms with E-state index in [1.165, 1.54) is 11.1 Å². The Hall–Kier alpha value is -1.87. The standard InChI is InChI=1S/C22H32N6.HI/c1-3-23-22(25-17-19-8-6-5-7-9-19)26-18-20-10-11-24-21(16-20)28-14-12-27(4-2)13-15-28;/h5-11,16H,3-4,12-15,17-18H2,1-2H3,(H2,23,25,26);1H. The van der Waals surface area contributed by atoms with Gasteiger partial charge in [-0.25, -0.2) is 9.98 Å². The maximum atomic E-state index is 4.75. The topological polar surface area (TPSA) is 55.8 Å². The molecule has 0 saturated carbocycles. The predicted octanol–water partition coefficient (Wildman–Crippen LogP) is 3.10. The molecule has 0 amide bonds. The minimum absolute atomic E-state index is 0. The molecule has 2 N–H and O–H groups in total. The number of likely N-dealkylation sites (N-methyl/N-ethyl adjacent to an activating group) is 1. The highest BCUT2D eigenvalue weighted by molar-refractivity contribution is 14.0. The second-order valence-corrected chi connectivity index (χ2v) is 6.98. The second kappa shape index (κ2) is 12.6. The number of piperazine rings is 1. The summed E-state index contributed by atoms with van der Waals surface area (Å²) in [5.41, 5.74) is 2.42. The summed E-state index contributed by atoms with van der Waals surface area (Å²) in [7, 11) is 0. The molecule has 1 saturated heterocycles. The van der Waals surface area contributed by atoms with Crippen LogP contribution in [-0.4, -0.2) is 55.1 Å². The van der Waals surface area contributed by atoms with E-state index in [1.807, 2.05) is 12.3 Å². The van der Waals surface area contributed by atoms with Gasteiger partial charge >= 0.3 is 0 Å². The maximum Gasteiger partial charge on any atom is 0.191 e. The highest BCUT2D eigenvalue weighted by Crippen LogP contribution is 2.15. The van der Waals surface area contributed by atoms with Crippen LogP contribution in [0.1, 0.15) is 25.0 Å². The van der Waals surface area contributed by atoms with Gasteiger partial charge in [0.1, 0.15) is 5.82 Å². The Kier molecular flexibility index (Phi) is 10.2. The largest absolute Gasteiger partial charge is 0.357 e. The minimum atomic E-state index is 0. The van der Waals surface area contributed by atoms with E-state index >= 15 is 0 Å². The Bertz CT molecular complexity index is 744. The van der Waals surface area contributed by atoms with Gasteiger partial charge in [-0.15, -0.1) is 24.0 Å². The van der Waals surface area contributed by atoms with Gasteiger partial charge in [0.15, 0.2) is 5.96 Å². The quantitative estimate of drug-likeness (QED) is 0.342. The van der Waals surface area contributed by atoms with Crippen LogP contribution in [0.2, 0.25) is 0 Å². The molecule has 2 heterocycles. The molecule has 158 valence electrons. The van der Waals surface area contributed by atoms with Crippen LogP contribution in [0.4, 0.5) is 5.82 Å². The number of guanidine groups is 1. The summed E-state index contributed by atoms with van der Waals surface area (Å²) in [5, 5.41) is 6.72. The summed E-state index contributed by atoms with van der Waals surface area (Å²) >= 11 is 0. The molecule has 7 heteroatoms. The van der Waals surface area contributed by atoms with Crippen molar-refractivity contribution in [3.8, 4) is 0 Å². The zero-order valence-electron chi connectivity index (χ0n) is 17.5. The fourth-order valence-electron chi connectivity index (χ4n) is 3.32. The van der Waals surface area contributed by atoms with Gasteiger partial charge in [-0.2, -0.15) is 0 Å². The van der Waals surface area contributed by atoms with Gasteiger partial charge in [0.25, 0.3) is 0 Å². The van der Waals surface area contributed by atoms with Gasteiger partial charge in [-0.1, -0.05) is 37.3 Å². The Labute approximate surface area is 191 Å². The van der Waals surface area contributed by atoms with Gasteiger partial charge in [-0.05, 0) is 36.7 Å². The lowest BCUT2D eigenvalue weighted by molar-refractivity contribution is 0.270. The molecule has 1 aliphatic heterocycles. The van der Waals surface area contributed by atoms with Crippen LogP contribution < -0.4 is 15.5 Å². The van der Waals surface area contributed by atoms with Crippen molar-refractivity contribution in [3.05, 3.63) is 59.8 Å². The van der Waals surface area contributed by atoms with Crippen molar-refractivity contribution in [1.82, 2.24) is 20.5 Å². The highest BCUT2D eigenvalue weighted by atomic mass is 127. The minimum Gasteiger partial charge on any atom is -0.357 e. The van der Waals surface area contributed by atoms with Crippen LogP contribution in [0, 0.1) is 0 Å². The van der Waals surface area contributed by atoms with E-state index in [2.05, 4.69) is 75.7 Å². The third-order valence-electron chi connectivity index (χ3n) is 5.02. The molecule has 2 aromatic rings. The average molecular weight is 508 g/mol. The van der Waals surface area contributed by atoms with Crippen LogP contribution in [0.5, 0.6) is 0 Å². The zero-order chi connectivity index (χ0) is 19.6. The highest BCUT2D eigenvalue weighted by Gasteiger charge is 2.16. The van der Waals surface area contributed by atoms with Crippen molar-refractivity contribution < 1.29 is 0 Å². The number of hydrogen-bond acceptors (Lipinski definition) is 4. The molecule has 0 spiro atoms. The van der Waals surface area contributed by atoms with Crippen molar-refractivity contribution in [3.63, 3.8) is 0 Å². The number of nitrogens with zero attached hydrogens (tertiary/aromatic N) is 4. The molecule has 1 aromatic carbocycles. The molecular formula is C22H33IN6. The van der Waals surface area contributed by atoms with Crippen molar-refractivity contribution in [2.75, 3.05) is 44.2 Å². The molecule has 6 nitrogen and oxygen atoms in total. The monoisotopic (exact) mass is 508 g/mol. The van der Waals surface area contributed by atoms with Gasteiger partial charge in [0.05, 0.1) is 6.54 Å². The molecule has 0 aliphatic carbocycles. The summed E-state index contributed by atoms with van der Waals surface area (Å²) in [6.45, 7) is 11.9. The number of rotatable bonds is 7. The Balaban J connectivity index is 0.00000300. The number of nitrogens with one attached hydrogen (secondary N) is 2. The molecule has 1 aliphatic rings. The second-order valence-electron chi connectivity index (χ2n) is 6.98. The van der Waals surface area contributed by atoms with E-state index in [1.54, 1.807) is 0 Å². The van der Waals surface area contributed by atoms with E-state index in [0.29, 0.717) is 6.54 Å². The van der Waals surface area contributed by atoms with Gasteiger partial charge < -0.3 is 20.4 Å². The van der Waals surface area contributed by atoms with Gasteiger partial charge in [-0.3, -0.25) is 0 Å².